The predicted molar refractivity (Wildman–Crippen MR) is 100 cm³/mol. The molecule has 0 bridgehead atoms. The summed E-state index contributed by atoms with van der Waals surface area (Å²) in [6.07, 6.45) is -11.9. The van der Waals surface area contributed by atoms with Crippen LogP contribution >= 0.6 is 46.5 Å². The van der Waals surface area contributed by atoms with Crippen molar-refractivity contribution in [2.24, 2.45) is 0 Å². The number of alkyl halides is 6. The molecule has 2 rings (SSSR count). The maximum absolute atomic E-state index is 13.0. The zero-order chi connectivity index (χ0) is 21.5. The van der Waals surface area contributed by atoms with Crippen molar-refractivity contribution in [1.29, 1.82) is 0 Å². The van der Waals surface area contributed by atoms with Crippen LogP contribution in [0.1, 0.15) is 19.4 Å². The predicted octanol–water partition coefficient (Wildman–Crippen LogP) is 7.29. The van der Waals surface area contributed by atoms with Gasteiger partial charge < -0.3 is 9.41 Å². The smallest absolute Gasteiger partial charge is 0.369 e. The third kappa shape index (κ3) is 4.51. The number of halogens is 8. The van der Waals surface area contributed by atoms with Gasteiger partial charge in [-0.05, 0) is 44.0 Å². The van der Waals surface area contributed by atoms with Crippen molar-refractivity contribution in [2.75, 3.05) is 4.31 Å². The first-order valence-electron chi connectivity index (χ1n) is 7.57. The molecule has 1 N–H and O–H groups in total. The van der Waals surface area contributed by atoms with Crippen LogP contribution in [0.3, 0.4) is 0 Å². The van der Waals surface area contributed by atoms with E-state index in [1.807, 2.05) is 0 Å². The maximum atomic E-state index is 13.0. The summed E-state index contributed by atoms with van der Waals surface area (Å²) in [4.78, 5) is 0.594. The van der Waals surface area contributed by atoms with Crippen LogP contribution in [0.5, 0.6) is 0 Å². The standard InChI is InChI=1S/C16H13Cl2F6NOS2/c1-8(2)25(28-11-7-12(17)27-13(11)18)10-5-3-9(4-6-10)14(26,15(19,20)21)16(22,23)24/h3-8,26H,1-2H3. The number of hydrogen-bond acceptors (Lipinski definition) is 4. The van der Waals surface area contributed by atoms with Crippen molar-refractivity contribution in [3.63, 3.8) is 0 Å². The molecule has 28 heavy (non-hydrogen) atoms. The van der Waals surface area contributed by atoms with Gasteiger partial charge in [0.15, 0.2) is 0 Å². The van der Waals surface area contributed by atoms with Gasteiger partial charge in [-0.1, -0.05) is 35.3 Å². The molecule has 0 saturated carbocycles. The molecule has 12 heteroatoms. The van der Waals surface area contributed by atoms with Gasteiger partial charge in [-0.3, -0.25) is 0 Å². The van der Waals surface area contributed by atoms with Gasteiger partial charge in [0.2, 0.25) is 0 Å². The third-order valence-corrected chi connectivity index (χ3v) is 6.73. The van der Waals surface area contributed by atoms with E-state index in [9.17, 15) is 31.4 Å². The van der Waals surface area contributed by atoms with Crippen LogP contribution in [0.15, 0.2) is 35.2 Å². The van der Waals surface area contributed by atoms with Gasteiger partial charge in [-0.25, -0.2) is 0 Å². The molecule has 1 aromatic heterocycles. The molecule has 0 aliphatic carbocycles. The van der Waals surface area contributed by atoms with E-state index in [0.717, 1.165) is 35.4 Å². The molecule has 1 aromatic carbocycles. The second kappa shape index (κ2) is 8.14. The second-order valence-corrected chi connectivity index (χ2v) is 9.25. The van der Waals surface area contributed by atoms with Crippen LogP contribution < -0.4 is 4.31 Å². The molecular weight excluding hydrogens is 471 g/mol. The molecule has 0 unspecified atom stereocenters. The Bertz CT molecular complexity index is 806. The minimum Gasteiger partial charge on any atom is -0.369 e. The van der Waals surface area contributed by atoms with Crippen molar-refractivity contribution < 1.29 is 31.4 Å². The average Bonchev–Trinajstić information content (AvgIpc) is 2.87. The van der Waals surface area contributed by atoms with Crippen molar-refractivity contribution in [1.82, 2.24) is 0 Å². The fraction of sp³-hybridized carbons (Fsp3) is 0.375. The molecule has 0 saturated heterocycles. The first-order valence-corrected chi connectivity index (χ1v) is 9.91. The fourth-order valence-corrected chi connectivity index (χ4v) is 4.93. The summed E-state index contributed by atoms with van der Waals surface area (Å²) in [5, 5.41) is 9.47. The summed E-state index contributed by atoms with van der Waals surface area (Å²) in [6.45, 7) is 3.56. The van der Waals surface area contributed by atoms with Gasteiger partial charge in [0.25, 0.3) is 5.60 Å². The van der Waals surface area contributed by atoms with Gasteiger partial charge in [-0.2, -0.15) is 26.3 Å². The first kappa shape index (κ1) is 23.5. The molecule has 0 amide bonds. The van der Waals surface area contributed by atoms with Crippen LogP contribution in [-0.2, 0) is 5.60 Å². The van der Waals surface area contributed by atoms with Crippen LogP contribution in [0.2, 0.25) is 8.67 Å². The topological polar surface area (TPSA) is 23.5 Å². The highest BCUT2D eigenvalue weighted by Crippen LogP contribution is 2.50. The summed E-state index contributed by atoms with van der Waals surface area (Å²) in [5.41, 5.74) is -5.95. The average molecular weight is 484 g/mol. The quantitative estimate of drug-likeness (QED) is 0.356. The van der Waals surface area contributed by atoms with E-state index in [4.69, 9.17) is 23.2 Å². The molecule has 0 fully saturated rings. The molecule has 156 valence electrons. The number of benzene rings is 1. The van der Waals surface area contributed by atoms with E-state index in [0.29, 0.717) is 31.4 Å². The van der Waals surface area contributed by atoms with E-state index in [1.165, 1.54) is 0 Å². The molecule has 0 atom stereocenters. The van der Waals surface area contributed by atoms with Gasteiger partial charge >= 0.3 is 12.4 Å². The number of nitrogens with zero attached hydrogens (tertiary/aromatic N) is 1. The highest BCUT2D eigenvalue weighted by Gasteiger charge is 2.71. The molecule has 2 nitrogen and oxygen atoms in total. The Balaban J connectivity index is 2.41. The van der Waals surface area contributed by atoms with E-state index in [-0.39, 0.29) is 6.04 Å². The number of hydrogen-bond donors (Lipinski definition) is 1. The summed E-state index contributed by atoms with van der Waals surface area (Å²) < 4.78 is 80.5. The first-order chi connectivity index (χ1) is 12.7. The largest absolute Gasteiger partial charge is 0.430 e. The number of aliphatic hydroxyl groups is 1. The second-order valence-electron chi connectivity index (χ2n) is 5.95. The van der Waals surface area contributed by atoms with E-state index in [2.05, 4.69) is 0 Å². The zero-order valence-corrected chi connectivity index (χ0v) is 17.3. The normalized spacial score (nSPS) is 13.3. The highest BCUT2D eigenvalue weighted by molar-refractivity contribution is 8.01. The van der Waals surface area contributed by atoms with Crippen LogP contribution in [0, 0.1) is 0 Å². The molecule has 0 aliphatic heterocycles. The van der Waals surface area contributed by atoms with Crippen molar-refractivity contribution in [3.05, 3.63) is 44.6 Å². The molecule has 2 aromatic rings. The molecule has 0 aliphatic rings. The van der Waals surface area contributed by atoms with E-state index in [1.54, 1.807) is 24.2 Å². The maximum Gasteiger partial charge on any atom is 0.430 e. The van der Waals surface area contributed by atoms with Crippen LogP contribution in [0.4, 0.5) is 32.0 Å². The molecule has 1 heterocycles. The van der Waals surface area contributed by atoms with Gasteiger partial charge in [0.1, 0.15) is 4.34 Å². The van der Waals surface area contributed by atoms with Crippen LogP contribution in [0.25, 0.3) is 0 Å². The lowest BCUT2D eigenvalue weighted by atomic mass is 9.92. The monoisotopic (exact) mass is 483 g/mol. The number of rotatable bonds is 5. The summed E-state index contributed by atoms with van der Waals surface area (Å²) in [5.74, 6) is 0. The Kier molecular flexibility index (Phi) is 6.82. The van der Waals surface area contributed by atoms with Gasteiger partial charge in [0.05, 0.1) is 9.23 Å². The minimum absolute atomic E-state index is 0.185. The number of anilines is 1. The lowest BCUT2D eigenvalue weighted by Crippen LogP contribution is -2.53. The summed E-state index contributed by atoms with van der Waals surface area (Å²) >= 11 is 14.2. The van der Waals surface area contributed by atoms with Gasteiger partial charge in [-0.15, -0.1) is 11.3 Å². The number of thiophene rings is 1. The van der Waals surface area contributed by atoms with Crippen molar-refractivity contribution in [2.45, 2.75) is 42.7 Å². The van der Waals surface area contributed by atoms with Crippen molar-refractivity contribution >= 4 is 52.2 Å². The lowest BCUT2D eigenvalue weighted by Gasteiger charge is -2.33. The Labute approximate surface area is 175 Å². The Morgan fingerprint density at radius 2 is 1.50 bits per heavy atom. The molecule has 0 spiro atoms. The summed E-state index contributed by atoms with van der Waals surface area (Å²) in [6, 6.07) is 4.78. The summed E-state index contributed by atoms with van der Waals surface area (Å²) in [7, 11) is 0. The lowest BCUT2D eigenvalue weighted by molar-refractivity contribution is -0.376. The third-order valence-electron chi connectivity index (χ3n) is 3.65. The zero-order valence-electron chi connectivity index (χ0n) is 14.2. The van der Waals surface area contributed by atoms with Crippen LogP contribution in [-0.4, -0.2) is 23.5 Å². The molecule has 0 radical (unpaired) electrons. The van der Waals surface area contributed by atoms with E-state index >= 15 is 0 Å². The SMILES string of the molecule is CC(C)N(Sc1cc(Cl)sc1Cl)c1ccc(C(O)(C(F)(F)F)C(F)(F)F)cc1. The molecular formula is C16H13Cl2F6NOS2. The Hall–Kier alpha value is -0.810. The highest BCUT2D eigenvalue weighted by atomic mass is 35.5. The van der Waals surface area contributed by atoms with E-state index < -0.39 is 23.5 Å². The Morgan fingerprint density at radius 1 is 1.00 bits per heavy atom. The van der Waals surface area contributed by atoms with Crippen molar-refractivity contribution in [3.8, 4) is 0 Å². The van der Waals surface area contributed by atoms with Gasteiger partial charge in [0, 0.05) is 17.3 Å². The fourth-order valence-electron chi connectivity index (χ4n) is 2.29. The minimum atomic E-state index is -5.93. The Morgan fingerprint density at radius 3 is 1.86 bits per heavy atom.